The van der Waals surface area contributed by atoms with Gasteiger partial charge in [-0.3, -0.25) is 14.3 Å². The number of amides is 1. The molecule has 8 nitrogen and oxygen atoms in total. The molecule has 0 aromatic carbocycles. The van der Waals surface area contributed by atoms with Crippen molar-refractivity contribution in [3.05, 3.63) is 40.1 Å². The monoisotopic (exact) mass is 344 g/mol. The Balaban J connectivity index is 1.65. The highest BCUT2D eigenvalue weighted by molar-refractivity contribution is 5.92. The predicted molar refractivity (Wildman–Crippen MR) is 92.2 cm³/mol. The van der Waals surface area contributed by atoms with Crippen molar-refractivity contribution in [2.24, 2.45) is 5.92 Å². The van der Waals surface area contributed by atoms with E-state index in [1.807, 2.05) is 10.9 Å². The number of aromatic amines is 1. The Morgan fingerprint density at radius 3 is 2.80 bits per heavy atom. The van der Waals surface area contributed by atoms with E-state index in [1.165, 1.54) is 12.1 Å². The van der Waals surface area contributed by atoms with Crippen LogP contribution in [0.15, 0.2) is 23.1 Å². The Morgan fingerprint density at radius 2 is 2.16 bits per heavy atom. The van der Waals surface area contributed by atoms with E-state index in [1.54, 1.807) is 4.90 Å². The van der Waals surface area contributed by atoms with E-state index < -0.39 is 0 Å². The normalized spacial score (nSPS) is 18.4. The van der Waals surface area contributed by atoms with Gasteiger partial charge in [0.15, 0.2) is 0 Å². The summed E-state index contributed by atoms with van der Waals surface area (Å²) in [7, 11) is 0. The summed E-state index contributed by atoms with van der Waals surface area (Å²) in [6, 6.07) is 2.79. The number of aromatic nitrogens is 5. The largest absolute Gasteiger partial charge is 0.337 e. The number of hydrogen-bond acceptors (Lipinski definition) is 5. The maximum atomic E-state index is 12.6. The molecule has 1 aliphatic heterocycles. The second-order valence-electron chi connectivity index (χ2n) is 7.64. The lowest BCUT2D eigenvalue weighted by atomic mass is 9.93. The molecule has 3 heterocycles. The fourth-order valence-corrected chi connectivity index (χ4v) is 3.02. The number of carbonyl (C=O) groups is 1. The van der Waals surface area contributed by atoms with E-state index in [-0.39, 0.29) is 22.6 Å². The molecule has 2 aromatic rings. The van der Waals surface area contributed by atoms with Crippen molar-refractivity contribution in [2.75, 3.05) is 13.1 Å². The number of likely N-dealkylation sites (tertiary alicyclic amines) is 1. The van der Waals surface area contributed by atoms with Crippen molar-refractivity contribution in [3.63, 3.8) is 0 Å². The molecule has 0 bridgehead atoms. The Hall–Kier alpha value is -2.51. The van der Waals surface area contributed by atoms with Crippen molar-refractivity contribution in [1.82, 2.24) is 30.1 Å². The molecule has 0 radical (unpaired) electrons. The molecular formula is C17H24N6O2. The molecule has 1 saturated heterocycles. The van der Waals surface area contributed by atoms with Crippen LogP contribution in [0.3, 0.4) is 0 Å². The van der Waals surface area contributed by atoms with E-state index >= 15 is 0 Å². The van der Waals surface area contributed by atoms with Gasteiger partial charge in [-0.2, -0.15) is 5.10 Å². The van der Waals surface area contributed by atoms with Crippen LogP contribution in [0, 0.1) is 5.92 Å². The van der Waals surface area contributed by atoms with Crippen LogP contribution in [0.2, 0.25) is 0 Å². The number of carbonyl (C=O) groups excluding carboxylic acids is 1. The summed E-state index contributed by atoms with van der Waals surface area (Å²) in [4.78, 5) is 25.4. The molecule has 3 rings (SSSR count). The molecule has 0 spiro atoms. The second kappa shape index (κ2) is 6.78. The fraction of sp³-hybridized carbons (Fsp3) is 0.588. The number of H-pyrrole nitrogens is 1. The van der Waals surface area contributed by atoms with Crippen LogP contribution < -0.4 is 5.56 Å². The third-order valence-corrected chi connectivity index (χ3v) is 4.46. The fourth-order valence-electron chi connectivity index (χ4n) is 3.02. The third kappa shape index (κ3) is 4.12. The summed E-state index contributed by atoms with van der Waals surface area (Å²) in [6.45, 7) is 8.44. The molecule has 0 aliphatic carbocycles. The lowest BCUT2D eigenvalue weighted by Gasteiger charge is -2.32. The Labute approximate surface area is 146 Å². The molecule has 25 heavy (non-hydrogen) atoms. The van der Waals surface area contributed by atoms with E-state index in [2.05, 4.69) is 41.3 Å². The highest BCUT2D eigenvalue weighted by Crippen LogP contribution is 2.22. The Kier molecular flexibility index (Phi) is 4.69. The van der Waals surface area contributed by atoms with E-state index in [0.29, 0.717) is 19.0 Å². The van der Waals surface area contributed by atoms with Crippen molar-refractivity contribution in [3.8, 4) is 0 Å². The number of nitrogens with one attached hydrogen (secondary N) is 1. The molecular weight excluding hydrogens is 320 g/mol. The van der Waals surface area contributed by atoms with Gasteiger partial charge < -0.3 is 4.90 Å². The zero-order chi connectivity index (χ0) is 18.0. The zero-order valence-corrected chi connectivity index (χ0v) is 14.9. The van der Waals surface area contributed by atoms with Gasteiger partial charge in [-0.15, -0.1) is 5.10 Å². The summed E-state index contributed by atoms with van der Waals surface area (Å²) >= 11 is 0. The van der Waals surface area contributed by atoms with Gasteiger partial charge in [-0.1, -0.05) is 26.0 Å². The topological polar surface area (TPSA) is 96.8 Å². The number of nitrogens with zero attached hydrogens (tertiary/aromatic N) is 5. The van der Waals surface area contributed by atoms with Crippen LogP contribution in [-0.4, -0.2) is 49.1 Å². The minimum Gasteiger partial charge on any atom is -0.337 e. The number of piperidine rings is 1. The summed E-state index contributed by atoms with van der Waals surface area (Å²) in [5.74, 6) is 0.185. The van der Waals surface area contributed by atoms with Gasteiger partial charge >= 0.3 is 0 Å². The van der Waals surface area contributed by atoms with Crippen LogP contribution >= 0.6 is 0 Å². The molecule has 1 amide bonds. The Morgan fingerprint density at radius 1 is 1.36 bits per heavy atom. The zero-order valence-electron chi connectivity index (χ0n) is 14.9. The minimum atomic E-state index is -0.311. The van der Waals surface area contributed by atoms with E-state index in [0.717, 1.165) is 25.1 Å². The third-order valence-electron chi connectivity index (χ3n) is 4.46. The summed E-state index contributed by atoms with van der Waals surface area (Å²) in [6.07, 6.45) is 3.98. The van der Waals surface area contributed by atoms with E-state index in [9.17, 15) is 9.59 Å². The quantitative estimate of drug-likeness (QED) is 0.903. The average Bonchev–Trinajstić information content (AvgIpc) is 3.04. The smallest absolute Gasteiger partial charge is 0.274 e. The van der Waals surface area contributed by atoms with Gasteiger partial charge in [0.2, 0.25) is 0 Å². The lowest BCUT2D eigenvalue weighted by molar-refractivity contribution is 0.0652. The predicted octanol–water partition coefficient (Wildman–Crippen LogP) is 1.21. The van der Waals surface area contributed by atoms with Gasteiger partial charge in [0.1, 0.15) is 5.69 Å². The summed E-state index contributed by atoms with van der Waals surface area (Å²) in [5, 5.41) is 14.6. The molecule has 1 N–H and O–H groups in total. The SMILES string of the molecule is CC(C)(C)c1cn(C[C@@H]2CCCN(C(=O)c3ccc(=O)[nH]n3)C2)nn1. The van der Waals surface area contributed by atoms with Crippen molar-refractivity contribution < 1.29 is 4.79 Å². The standard InChI is InChI=1S/C17H24N6O2/c1-17(2,3)14-11-23(21-19-14)10-12-5-4-8-22(9-12)16(25)13-6-7-15(24)20-18-13/h6-7,11-12H,4-5,8-10H2,1-3H3,(H,20,24)/t12-/m1/s1. The van der Waals surface area contributed by atoms with Crippen LogP contribution in [0.1, 0.15) is 49.8 Å². The summed E-state index contributed by atoms with van der Waals surface area (Å²) < 4.78 is 1.87. The highest BCUT2D eigenvalue weighted by atomic mass is 16.2. The minimum absolute atomic E-state index is 0.0251. The number of rotatable bonds is 3. The van der Waals surface area contributed by atoms with Gasteiger partial charge in [-0.05, 0) is 24.8 Å². The Bertz CT molecular complexity index is 783. The molecule has 1 aliphatic rings. The van der Waals surface area contributed by atoms with Crippen LogP contribution in [0.4, 0.5) is 0 Å². The second-order valence-corrected chi connectivity index (χ2v) is 7.64. The van der Waals surface area contributed by atoms with Gasteiger partial charge in [0, 0.05) is 37.3 Å². The van der Waals surface area contributed by atoms with Gasteiger partial charge in [0.05, 0.1) is 5.69 Å². The molecule has 1 atom stereocenters. The summed E-state index contributed by atoms with van der Waals surface area (Å²) in [5.41, 5.74) is 0.904. The first-order valence-electron chi connectivity index (χ1n) is 8.58. The molecule has 0 saturated carbocycles. The first-order valence-corrected chi connectivity index (χ1v) is 8.58. The average molecular weight is 344 g/mol. The molecule has 8 heteroatoms. The lowest BCUT2D eigenvalue weighted by Crippen LogP contribution is -2.41. The maximum absolute atomic E-state index is 12.6. The van der Waals surface area contributed by atoms with E-state index in [4.69, 9.17) is 0 Å². The molecule has 1 fully saturated rings. The number of hydrogen-bond donors (Lipinski definition) is 1. The van der Waals surface area contributed by atoms with Crippen LogP contribution in [-0.2, 0) is 12.0 Å². The van der Waals surface area contributed by atoms with Gasteiger partial charge in [0.25, 0.3) is 11.5 Å². The molecule has 134 valence electrons. The maximum Gasteiger partial charge on any atom is 0.274 e. The molecule has 2 aromatic heterocycles. The highest BCUT2D eigenvalue weighted by Gasteiger charge is 2.26. The van der Waals surface area contributed by atoms with Gasteiger partial charge in [-0.25, -0.2) is 5.10 Å². The van der Waals surface area contributed by atoms with Crippen LogP contribution in [0.5, 0.6) is 0 Å². The van der Waals surface area contributed by atoms with Crippen molar-refractivity contribution in [1.29, 1.82) is 0 Å². The van der Waals surface area contributed by atoms with Crippen LogP contribution in [0.25, 0.3) is 0 Å². The first-order chi connectivity index (χ1) is 11.8. The van der Waals surface area contributed by atoms with Crippen molar-refractivity contribution in [2.45, 2.75) is 45.6 Å². The first kappa shape index (κ1) is 17.3. The molecule has 0 unspecified atom stereocenters. The van der Waals surface area contributed by atoms with Crippen molar-refractivity contribution >= 4 is 5.91 Å².